The molecule has 1 aliphatic rings. The molecule has 0 heterocycles. The van der Waals surface area contributed by atoms with Crippen molar-refractivity contribution >= 4 is 17.5 Å². The van der Waals surface area contributed by atoms with E-state index in [0.29, 0.717) is 23.2 Å². The number of carbonyl (C=O) groups is 1. The molecule has 0 radical (unpaired) electrons. The summed E-state index contributed by atoms with van der Waals surface area (Å²) in [5.74, 6) is -0.271. The monoisotopic (exact) mass is 360 g/mol. The van der Waals surface area contributed by atoms with Crippen molar-refractivity contribution in [2.24, 2.45) is 0 Å². The number of hydrogen-bond donors (Lipinski definition) is 1. The van der Waals surface area contributed by atoms with Gasteiger partial charge in [0.05, 0.1) is 6.54 Å². The van der Waals surface area contributed by atoms with Gasteiger partial charge in [-0.25, -0.2) is 4.39 Å². The van der Waals surface area contributed by atoms with Crippen molar-refractivity contribution in [3.63, 3.8) is 0 Å². The zero-order valence-corrected chi connectivity index (χ0v) is 15.0. The van der Waals surface area contributed by atoms with Crippen LogP contribution in [0, 0.1) is 5.82 Å². The van der Waals surface area contributed by atoms with E-state index in [1.807, 2.05) is 25.1 Å². The molecule has 1 atom stereocenters. The van der Waals surface area contributed by atoms with E-state index in [9.17, 15) is 9.18 Å². The predicted octanol–water partition coefficient (Wildman–Crippen LogP) is 4.32. The topological polar surface area (TPSA) is 32.3 Å². The van der Waals surface area contributed by atoms with Gasteiger partial charge < -0.3 is 5.32 Å². The highest BCUT2D eigenvalue weighted by molar-refractivity contribution is 6.30. The summed E-state index contributed by atoms with van der Waals surface area (Å²) in [5, 5.41) is 3.61. The second-order valence-corrected chi connectivity index (χ2v) is 6.94. The van der Waals surface area contributed by atoms with Crippen LogP contribution in [0.1, 0.15) is 36.9 Å². The van der Waals surface area contributed by atoms with Crippen molar-refractivity contribution < 1.29 is 9.18 Å². The first-order valence-corrected chi connectivity index (χ1v) is 8.93. The van der Waals surface area contributed by atoms with Gasteiger partial charge in [-0.15, -0.1) is 0 Å². The van der Waals surface area contributed by atoms with Gasteiger partial charge in [0.25, 0.3) is 0 Å². The minimum atomic E-state index is -0.220. The molecule has 2 aromatic carbocycles. The summed E-state index contributed by atoms with van der Waals surface area (Å²) in [6.07, 6.45) is 2.12. The molecule has 3 rings (SSSR count). The van der Waals surface area contributed by atoms with Gasteiger partial charge in [-0.3, -0.25) is 9.69 Å². The molecule has 1 saturated carbocycles. The smallest absolute Gasteiger partial charge is 0.234 e. The maximum Gasteiger partial charge on any atom is 0.234 e. The van der Waals surface area contributed by atoms with E-state index >= 15 is 0 Å². The molecule has 1 N–H and O–H groups in total. The lowest BCUT2D eigenvalue weighted by molar-refractivity contribution is -0.123. The van der Waals surface area contributed by atoms with Crippen molar-refractivity contribution in [2.75, 3.05) is 6.54 Å². The fourth-order valence-electron chi connectivity index (χ4n) is 3.01. The van der Waals surface area contributed by atoms with Gasteiger partial charge in [-0.1, -0.05) is 41.9 Å². The number of nitrogens with zero attached hydrogens (tertiary/aromatic N) is 1. The molecule has 0 saturated heterocycles. The number of halogens is 2. The van der Waals surface area contributed by atoms with Crippen LogP contribution in [0.15, 0.2) is 48.5 Å². The Balaban J connectivity index is 1.60. The minimum absolute atomic E-state index is 0.0509. The Labute approximate surface area is 152 Å². The molecule has 3 nitrogen and oxygen atoms in total. The van der Waals surface area contributed by atoms with Crippen LogP contribution in [-0.2, 0) is 11.3 Å². The van der Waals surface area contributed by atoms with Gasteiger partial charge >= 0.3 is 0 Å². The Morgan fingerprint density at radius 2 is 1.92 bits per heavy atom. The van der Waals surface area contributed by atoms with Crippen molar-refractivity contribution in [2.45, 2.75) is 38.4 Å². The standard InChI is InChI=1S/C20H22ClFN2O/c1-14(18-4-2-3-5-19(18)22)24(17-10-11-17)13-20(25)23-12-15-6-8-16(21)9-7-15/h2-9,14,17H,10-13H2,1H3,(H,23,25)/t14-/m0/s1. The Morgan fingerprint density at radius 3 is 2.56 bits per heavy atom. The Bertz CT molecular complexity index is 731. The fraction of sp³-hybridized carbons (Fsp3) is 0.350. The van der Waals surface area contributed by atoms with Crippen molar-refractivity contribution in [1.29, 1.82) is 0 Å². The van der Waals surface area contributed by atoms with Crippen LogP contribution in [-0.4, -0.2) is 23.4 Å². The lowest BCUT2D eigenvalue weighted by Gasteiger charge is -2.29. The molecule has 0 unspecified atom stereocenters. The summed E-state index contributed by atoms with van der Waals surface area (Å²) >= 11 is 5.87. The first-order valence-electron chi connectivity index (χ1n) is 8.56. The van der Waals surface area contributed by atoms with Gasteiger partial charge in [0.1, 0.15) is 5.82 Å². The van der Waals surface area contributed by atoms with Gasteiger partial charge in [0, 0.05) is 29.2 Å². The molecule has 1 aliphatic carbocycles. The third-order valence-electron chi connectivity index (χ3n) is 4.60. The lowest BCUT2D eigenvalue weighted by Crippen LogP contribution is -2.39. The average molecular weight is 361 g/mol. The quantitative estimate of drug-likeness (QED) is 0.797. The molecular formula is C20H22ClFN2O. The molecule has 0 bridgehead atoms. The lowest BCUT2D eigenvalue weighted by atomic mass is 10.1. The van der Waals surface area contributed by atoms with Crippen LogP contribution in [0.2, 0.25) is 5.02 Å². The second-order valence-electron chi connectivity index (χ2n) is 6.50. The summed E-state index contributed by atoms with van der Waals surface area (Å²) < 4.78 is 14.1. The number of benzene rings is 2. The Hall–Kier alpha value is -1.91. The van der Waals surface area contributed by atoms with Crippen LogP contribution in [0.4, 0.5) is 4.39 Å². The van der Waals surface area contributed by atoms with Gasteiger partial charge in [0.2, 0.25) is 5.91 Å². The Morgan fingerprint density at radius 1 is 1.24 bits per heavy atom. The van der Waals surface area contributed by atoms with Crippen LogP contribution in [0.5, 0.6) is 0 Å². The molecule has 25 heavy (non-hydrogen) atoms. The largest absolute Gasteiger partial charge is 0.351 e. The first-order chi connectivity index (χ1) is 12.0. The molecule has 1 amide bonds. The normalized spacial score (nSPS) is 15.2. The molecule has 5 heteroatoms. The fourth-order valence-corrected chi connectivity index (χ4v) is 3.13. The second kappa shape index (κ2) is 7.98. The summed E-state index contributed by atoms with van der Waals surface area (Å²) in [5.41, 5.74) is 1.64. The predicted molar refractivity (Wildman–Crippen MR) is 97.8 cm³/mol. The van der Waals surface area contributed by atoms with E-state index in [-0.39, 0.29) is 24.3 Å². The number of carbonyl (C=O) groups excluding carboxylic acids is 1. The highest BCUT2D eigenvalue weighted by atomic mass is 35.5. The zero-order chi connectivity index (χ0) is 17.8. The maximum atomic E-state index is 14.1. The van der Waals surface area contributed by atoms with Crippen molar-refractivity contribution in [3.8, 4) is 0 Å². The van der Waals surface area contributed by atoms with Crippen molar-refractivity contribution in [1.82, 2.24) is 10.2 Å². The first kappa shape index (κ1) is 17.9. The maximum absolute atomic E-state index is 14.1. The van der Waals surface area contributed by atoms with E-state index in [1.54, 1.807) is 24.3 Å². The summed E-state index contributed by atoms with van der Waals surface area (Å²) in [6, 6.07) is 14.4. The molecule has 0 spiro atoms. The van der Waals surface area contributed by atoms with E-state index in [0.717, 1.165) is 18.4 Å². The van der Waals surface area contributed by atoms with Crippen LogP contribution in [0.25, 0.3) is 0 Å². The zero-order valence-electron chi connectivity index (χ0n) is 14.2. The SMILES string of the molecule is C[C@@H](c1ccccc1F)N(CC(=O)NCc1ccc(Cl)cc1)C1CC1. The average Bonchev–Trinajstić information content (AvgIpc) is 3.44. The molecular weight excluding hydrogens is 339 g/mol. The van der Waals surface area contributed by atoms with Crippen molar-refractivity contribution in [3.05, 3.63) is 70.5 Å². The van der Waals surface area contributed by atoms with Gasteiger partial charge in [-0.2, -0.15) is 0 Å². The van der Waals surface area contributed by atoms with E-state index in [2.05, 4.69) is 10.2 Å². The van der Waals surface area contributed by atoms with Crippen LogP contribution >= 0.6 is 11.6 Å². The molecule has 0 aliphatic heterocycles. The molecule has 1 fully saturated rings. The van der Waals surface area contributed by atoms with Gasteiger partial charge in [-0.05, 0) is 43.5 Å². The summed E-state index contributed by atoms with van der Waals surface area (Å²) in [6.45, 7) is 2.69. The highest BCUT2D eigenvalue weighted by Crippen LogP contribution is 2.34. The summed E-state index contributed by atoms with van der Waals surface area (Å²) in [4.78, 5) is 14.5. The Kier molecular flexibility index (Phi) is 5.71. The number of nitrogens with one attached hydrogen (secondary N) is 1. The molecule has 2 aromatic rings. The van der Waals surface area contributed by atoms with Crippen LogP contribution in [0.3, 0.4) is 0 Å². The third-order valence-corrected chi connectivity index (χ3v) is 4.85. The number of rotatable bonds is 7. The van der Waals surface area contributed by atoms with Crippen LogP contribution < -0.4 is 5.32 Å². The highest BCUT2D eigenvalue weighted by Gasteiger charge is 2.34. The van der Waals surface area contributed by atoms with E-state index in [4.69, 9.17) is 11.6 Å². The summed E-state index contributed by atoms with van der Waals surface area (Å²) in [7, 11) is 0. The molecule has 132 valence electrons. The van der Waals surface area contributed by atoms with E-state index in [1.165, 1.54) is 6.07 Å². The van der Waals surface area contributed by atoms with Gasteiger partial charge in [0.15, 0.2) is 0 Å². The number of hydrogen-bond acceptors (Lipinski definition) is 2. The minimum Gasteiger partial charge on any atom is -0.351 e. The molecule has 0 aromatic heterocycles. The third kappa shape index (κ3) is 4.80. The number of amides is 1. The van der Waals surface area contributed by atoms with E-state index < -0.39 is 0 Å².